The van der Waals surface area contributed by atoms with Crippen molar-refractivity contribution < 1.29 is 5.11 Å². The van der Waals surface area contributed by atoms with Gasteiger partial charge in [0.1, 0.15) is 0 Å². The zero-order valence-electron chi connectivity index (χ0n) is 12.5. The van der Waals surface area contributed by atoms with Crippen LogP contribution >= 0.6 is 0 Å². The number of aliphatic hydroxyl groups excluding tert-OH is 1. The molecule has 1 nitrogen and oxygen atoms in total. The Balaban J connectivity index is 0.000000631. The van der Waals surface area contributed by atoms with Crippen LogP contribution in [0.1, 0.15) is 58.1 Å². The monoisotopic (exact) mass is 248 g/mol. The molecule has 1 rings (SSSR count). The van der Waals surface area contributed by atoms with E-state index in [4.69, 9.17) is 5.11 Å². The van der Waals surface area contributed by atoms with Gasteiger partial charge in [-0.1, -0.05) is 71.0 Å². The molecule has 0 radical (unpaired) electrons. The van der Waals surface area contributed by atoms with Crippen LogP contribution in [0, 0.1) is 5.92 Å². The predicted molar refractivity (Wildman–Crippen MR) is 81.8 cm³/mol. The molecule has 102 valence electrons. The van der Waals surface area contributed by atoms with E-state index < -0.39 is 0 Å². The van der Waals surface area contributed by atoms with Crippen LogP contribution in [0.3, 0.4) is 0 Å². The first-order valence-electron chi connectivity index (χ1n) is 6.84. The molecule has 0 unspecified atom stereocenters. The first kappa shape index (κ1) is 16.9. The Bertz CT molecular complexity index is 334. The lowest BCUT2D eigenvalue weighted by molar-refractivity contribution is 0.303. The second kappa shape index (κ2) is 9.90. The molecule has 18 heavy (non-hydrogen) atoms. The smallest absolute Gasteiger partial charge is 0.0465 e. The minimum absolute atomic E-state index is 0.223. The molecule has 0 heterocycles. The minimum atomic E-state index is 0.223. The van der Waals surface area contributed by atoms with Gasteiger partial charge in [0.25, 0.3) is 0 Å². The quantitative estimate of drug-likeness (QED) is 0.806. The molecule has 0 aromatic heterocycles. The summed E-state index contributed by atoms with van der Waals surface area (Å²) in [7, 11) is 0. The lowest BCUT2D eigenvalue weighted by Crippen LogP contribution is -1.86. The molecule has 0 aliphatic rings. The zero-order valence-corrected chi connectivity index (χ0v) is 12.5. The maximum absolute atomic E-state index is 8.64. The Kier molecular flexibility index (Phi) is 9.31. The van der Waals surface area contributed by atoms with E-state index >= 15 is 0 Å². The van der Waals surface area contributed by atoms with E-state index in [2.05, 4.69) is 65.0 Å². The molecule has 0 spiro atoms. The average Bonchev–Trinajstić information content (AvgIpc) is 2.29. The fourth-order valence-electron chi connectivity index (χ4n) is 1.32. The molecular formula is C17H28O. The van der Waals surface area contributed by atoms with Crippen molar-refractivity contribution in [3.8, 4) is 0 Å². The Labute approximate surface area is 113 Å². The highest BCUT2D eigenvalue weighted by Gasteiger charge is 1.97. The summed E-state index contributed by atoms with van der Waals surface area (Å²) in [6.07, 6.45) is 4.79. The third-order valence-corrected chi connectivity index (χ3v) is 2.18. The van der Waals surface area contributed by atoms with Gasteiger partial charge in [0.2, 0.25) is 0 Å². The van der Waals surface area contributed by atoms with Gasteiger partial charge in [-0.2, -0.15) is 0 Å². The SMILES string of the molecule is CC(C)C.CC(C)c1cccc(/C=C/CCO)c1. The first-order chi connectivity index (χ1) is 8.47. The third-order valence-electron chi connectivity index (χ3n) is 2.18. The molecule has 0 saturated carbocycles. The van der Waals surface area contributed by atoms with Crippen molar-refractivity contribution in [3.63, 3.8) is 0 Å². The largest absolute Gasteiger partial charge is 0.396 e. The highest BCUT2D eigenvalue weighted by atomic mass is 16.2. The third kappa shape index (κ3) is 9.00. The van der Waals surface area contributed by atoms with E-state index in [1.807, 2.05) is 6.08 Å². The number of hydrogen-bond acceptors (Lipinski definition) is 1. The van der Waals surface area contributed by atoms with E-state index in [0.717, 1.165) is 12.3 Å². The predicted octanol–water partition coefficient (Wildman–Crippen LogP) is 4.87. The van der Waals surface area contributed by atoms with Gasteiger partial charge in [0, 0.05) is 6.61 Å². The molecule has 1 heteroatoms. The maximum Gasteiger partial charge on any atom is 0.0465 e. The van der Waals surface area contributed by atoms with Crippen LogP contribution in [-0.2, 0) is 0 Å². The fourth-order valence-corrected chi connectivity index (χ4v) is 1.32. The van der Waals surface area contributed by atoms with Crippen molar-refractivity contribution in [2.45, 2.75) is 47.0 Å². The van der Waals surface area contributed by atoms with E-state index in [9.17, 15) is 0 Å². The second-order valence-corrected chi connectivity index (χ2v) is 5.47. The van der Waals surface area contributed by atoms with Crippen LogP contribution in [0.4, 0.5) is 0 Å². The Morgan fingerprint density at radius 1 is 1.11 bits per heavy atom. The lowest BCUT2D eigenvalue weighted by Gasteiger charge is -2.05. The molecule has 0 saturated heterocycles. The zero-order chi connectivity index (χ0) is 14.0. The number of hydrogen-bond donors (Lipinski definition) is 1. The Hall–Kier alpha value is -1.08. The van der Waals surface area contributed by atoms with E-state index in [1.165, 1.54) is 11.1 Å². The molecule has 1 N–H and O–H groups in total. The van der Waals surface area contributed by atoms with Crippen LogP contribution in [-0.4, -0.2) is 11.7 Å². The summed E-state index contributed by atoms with van der Waals surface area (Å²) in [5, 5.41) is 8.64. The summed E-state index contributed by atoms with van der Waals surface area (Å²) >= 11 is 0. The van der Waals surface area contributed by atoms with Crippen molar-refractivity contribution in [1.82, 2.24) is 0 Å². The topological polar surface area (TPSA) is 20.2 Å². The molecule has 0 aliphatic heterocycles. The summed E-state index contributed by atoms with van der Waals surface area (Å²) in [5.74, 6) is 1.40. The maximum atomic E-state index is 8.64. The van der Waals surface area contributed by atoms with Crippen LogP contribution in [0.25, 0.3) is 6.08 Å². The Morgan fingerprint density at radius 3 is 2.22 bits per heavy atom. The molecule has 0 aliphatic carbocycles. The summed E-state index contributed by atoms with van der Waals surface area (Å²) in [4.78, 5) is 0. The Morgan fingerprint density at radius 2 is 1.72 bits per heavy atom. The normalized spacial score (nSPS) is 10.9. The van der Waals surface area contributed by atoms with Gasteiger partial charge in [-0.15, -0.1) is 0 Å². The fraction of sp³-hybridized carbons (Fsp3) is 0.529. The molecule has 1 aromatic carbocycles. The lowest BCUT2D eigenvalue weighted by atomic mass is 10.0. The van der Waals surface area contributed by atoms with Gasteiger partial charge < -0.3 is 5.11 Å². The molecular weight excluding hydrogens is 220 g/mol. The van der Waals surface area contributed by atoms with Gasteiger partial charge in [-0.3, -0.25) is 0 Å². The van der Waals surface area contributed by atoms with Crippen molar-refractivity contribution >= 4 is 6.08 Å². The molecule has 0 fully saturated rings. The summed E-state index contributed by atoms with van der Waals surface area (Å²) in [5.41, 5.74) is 2.57. The van der Waals surface area contributed by atoms with Crippen molar-refractivity contribution in [2.75, 3.05) is 6.61 Å². The van der Waals surface area contributed by atoms with Gasteiger partial charge >= 0.3 is 0 Å². The van der Waals surface area contributed by atoms with Crippen LogP contribution < -0.4 is 0 Å². The molecule has 0 bridgehead atoms. The van der Waals surface area contributed by atoms with Gasteiger partial charge in [-0.25, -0.2) is 0 Å². The number of benzene rings is 1. The number of rotatable bonds is 4. The highest BCUT2D eigenvalue weighted by Crippen LogP contribution is 2.16. The highest BCUT2D eigenvalue weighted by molar-refractivity contribution is 5.50. The van der Waals surface area contributed by atoms with Crippen molar-refractivity contribution in [2.24, 2.45) is 5.92 Å². The summed E-state index contributed by atoms with van der Waals surface area (Å²) in [6.45, 7) is 11.1. The summed E-state index contributed by atoms with van der Waals surface area (Å²) in [6, 6.07) is 8.50. The van der Waals surface area contributed by atoms with Crippen LogP contribution in [0.2, 0.25) is 0 Å². The number of aliphatic hydroxyl groups is 1. The van der Waals surface area contributed by atoms with Crippen molar-refractivity contribution in [3.05, 3.63) is 41.5 Å². The standard InChI is InChI=1S/C13H18O.C4H10/c1-11(2)13-8-5-7-12(10-13)6-3-4-9-14;1-4(2)3/h3,5-8,10-11,14H,4,9H2,1-2H3;4H,1-3H3/b6-3+;. The van der Waals surface area contributed by atoms with Crippen molar-refractivity contribution in [1.29, 1.82) is 0 Å². The van der Waals surface area contributed by atoms with E-state index in [-0.39, 0.29) is 6.61 Å². The van der Waals surface area contributed by atoms with E-state index in [1.54, 1.807) is 0 Å². The minimum Gasteiger partial charge on any atom is -0.396 e. The first-order valence-corrected chi connectivity index (χ1v) is 6.84. The van der Waals surface area contributed by atoms with Gasteiger partial charge in [-0.05, 0) is 29.4 Å². The molecule has 0 amide bonds. The van der Waals surface area contributed by atoms with Gasteiger partial charge in [0.05, 0.1) is 0 Å². The molecule has 1 aromatic rings. The van der Waals surface area contributed by atoms with Crippen LogP contribution in [0.15, 0.2) is 30.3 Å². The average molecular weight is 248 g/mol. The molecule has 0 atom stereocenters. The van der Waals surface area contributed by atoms with Crippen LogP contribution in [0.5, 0.6) is 0 Å². The summed E-state index contributed by atoms with van der Waals surface area (Å²) < 4.78 is 0. The second-order valence-electron chi connectivity index (χ2n) is 5.47. The van der Waals surface area contributed by atoms with Gasteiger partial charge in [0.15, 0.2) is 0 Å². The van der Waals surface area contributed by atoms with E-state index in [0.29, 0.717) is 5.92 Å².